The molecule has 0 radical (unpaired) electrons. The van der Waals surface area contributed by atoms with Gasteiger partial charge in [0.25, 0.3) is 0 Å². The maximum absolute atomic E-state index is 12.3. The maximum Gasteiger partial charge on any atom is 0.240 e. The fourth-order valence-corrected chi connectivity index (χ4v) is 3.38. The third-order valence-corrected chi connectivity index (χ3v) is 5.32. The van der Waals surface area contributed by atoms with E-state index in [2.05, 4.69) is 10.0 Å². The van der Waals surface area contributed by atoms with Crippen molar-refractivity contribution in [2.24, 2.45) is 11.7 Å². The monoisotopic (exact) mass is 391 g/mol. The number of ether oxygens (including phenoxy) is 1. The van der Waals surface area contributed by atoms with Crippen LogP contribution in [0, 0.1) is 5.92 Å². The SMILES string of the molecule is CC(CCOc1ccccc1)C(=O)Nc1cccc(S(=O)(=O)NCCN)c1. The fraction of sp³-hybridized carbons (Fsp3) is 0.316. The average Bonchev–Trinajstić information content (AvgIpc) is 2.67. The highest BCUT2D eigenvalue weighted by molar-refractivity contribution is 7.89. The van der Waals surface area contributed by atoms with Crippen LogP contribution in [-0.2, 0) is 14.8 Å². The zero-order chi connectivity index (χ0) is 19.7. The first-order valence-electron chi connectivity index (χ1n) is 8.71. The Bertz CT molecular complexity index is 841. The zero-order valence-electron chi connectivity index (χ0n) is 15.2. The van der Waals surface area contributed by atoms with Crippen LogP contribution in [0.3, 0.4) is 0 Å². The van der Waals surface area contributed by atoms with Crippen LogP contribution in [0.4, 0.5) is 5.69 Å². The van der Waals surface area contributed by atoms with Crippen molar-refractivity contribution in [3.8, 4) is 5.75 Å². The molecule has 1 atom stereocenters. The van der Waals surface area contributed by atoms with E-state index in [1.807, 2.05) is 30.3 Å². The number of sulfonamides is 1. The molecule has 0 aromatic heterocycles. The van der Waals surface area contributed by atoms with Crippen molar-refractivity contribution >= 4 is 21.6 Å². The van der Waals surface area contributed by atoms with E-state index in [1.54, 1.807) is 19.1 Å². The second kappa shape index (κ2) is 10.1. The molecule has 146 valence electrons. The predicted molar refractivity (Wildman–Crippen MR) is 105 cm³/mol. The van der Waals surface area contributed by atoms with E-state index < -0.39 is 10.0 Å². The normalized spacial score (nSPS) is 12.4. The number of hydrogen-bond donors (Lipinski definition) is 3. The first kappa shape index (κ1) is 20.9. The highest BCUT2D eigenvalue weighted by atomic mass is 32.2. The van der Waals surface area contributed by atoms with Crippen LogP contribution in [0.15, 0.2) is 59.5 Å². The number of carbonyl (C=O) groups is 1. The molecule has 1 amide bonds. The summed E-state index contributed by atoms with van der Waals surface area (Å²) in [6, 6.07) is 15.5. The van der Waals surface area contributed by atoms with Crippen LogP contribution in [-0.4, -0.2) is 34.0 Å². The van der Waals surface area contributed by atoms with Crippen LogP contribution in [0.5, 0.6) is 5.75 Å². The molecule has 27 heavy (non-hydrogen) atoms. The van der Waals surface area contributed by atoms with E-state index in [4.69, 9.17) is 10.5 Å². The Hall–Kier alpha value is -2.42. The fourth-order valence-electron chi connectivity index (χ4n) is 2.28. The van der Waals surface area contributed by atoms with Gasteiger partial charge in [-0.1, -0.05) is 31.2 Å². The lowest BCUT2D eigenvalue weighted by Gasteiger charge is -2.14. The molecule has 1 unspecified atom stereocenters. The van der Waals surface area contributed by atoms with Gasteiger partial charge in [0.05, 0.1) is 11.5 Å². The van der Waals surface area contributed by atoms with Crippen molar-refractivity contribution in [1.82, 2.24) is 4.72 Å². The Labute approximate surface area is 160 Å². The largest absolute Gasteiger partial charge is 0.494 e. The van der Waals surface area contributed by atoms with Gasteiger partial charge < -0.3 is 15.8 Å². The van der Waals surface area contributed by atoms with Crippen molar-refractivity contribution in [2.75, 3.05) is 25.0 Å². The molecule has 0 aliphatic rings. The van der Waals surface area contributed by atoms with Gasteiger partial charge in [0.1, 0.15) is 5.75 Å². The molecule has 0 saturated carbocycles. The molecule has 2 rings (SSSR count). The summed E-state index contributed by atoms with van der Waals surface area (Å²) in [4.78, 5) is 12.4. The number of carbonyl (C=O) groups excluding carboxylic acids is 1. The van der Waals surface area contributed by atoms with Crippen molar-refractivity contribution in [2.45, 2.75) is 18.2 Å². The first-order chi connectivity index (χ1) is 12.9. The minimum absolute atomic E-state index is 0.0776. The van der Waals surface area contributed by atoms with Gasteiger partial charge >= 0.3 is 0 Å². The van der Waals surface area contributed by atoms with Gasteiger partial charge in [-0.3, -0.25) is 4.79 Å². The molecule has 0 bridgehead atoms. The molecular weight excluding hydrogens is 366 g/mol. The second-order valence-corrected chi connectivity index (χ2v) is 7.82. The quantitative estimate of drug-likeness (QED) is 0.573. The number of amides is 1. The van der Waals surface area contributed by atoms with Gasteiger partial charge in [0.2, 0.25) is 15.9 Å². The van der Waals surface area contributed by atoms with E-state index in [0.29, 0.717) is 18.7 Å². The molecule has 8 heteroatoms. The van der Waals surface area contributed by atoms with Gasteiger partial charge in [-0.2, -0.15) is 0 Å². The topological polar surface area (TPSA) is 111 Å². The molecule has 7 nitrogen and oxygen atoms in total. The van der Waals surface area contributed by atoms with Gasteiger partial charge in [-0.05, 0) is 36.8 Å². The average molecular weight is 391 g/mol. The van der Waals surface area contributed by atoms with Crippen LogP contribution in [0.1, 0.15) is 13.3 Å². The van der Waals surface area contributed by atoms with Crippen LogP contribution < -0.4 is 20.5 Å². The summed E-state index contributed by atoms with van der Waals surface area (Å²) in [6.45, 7) is 2.57. The molecule has 0 fully saturated rings. The number of benzene rings is 2. The smallest absolute Gasteiger partial charge is 0.240 e. The second-order valence-electron chi connectivity index (χ2n) is 6.05. The third-order valence-electron chi connectivity index (χ3n) is 3.86. The number of para-hydroxylation sites is 1. The summed E-state index contributed by atoms with van der Waals surface area (Å²) in [5.41, 5.74) is 5.75. The van der Waals surface area contributed by atoms with Crippen LogP contribution in [0.25, 0.3) is 0 Å². The molecule has 0 spiro atoms. The Morgan fingerprint density at radius 1 is 1.15 bits per heavy atom. The highest BCUT2D eigenvalue weighted by Gasteiger charge is 2.16. The standard InChI is InChI=1S/C19H25N3O4S/c1-15(10-13-26-17-7-3-2-4-8-17)19(23)22-16-6-5-9-18(14-16)27(24,25)21-12-11-20/h2-9,14-15,21H,10-13,20H2,1H3,(H,22,23). The van der Waals surface area contributed by atoms with Gasteiger partial charge in [-0.15, -0.1) is 0 Å². The van der Waals surface area contributed by atoms with E-state index in [9.17, 15) is 13.2 Å². The van der Waals surface area contributed by atoms with Crippen molar-refractivity contribution in [1.29, 1.82) is 0 Å². The summed E-state index contributed by atoms with van der Waals surface area (Å²) >= 11 is 0. The summed E-state index contributed by atoms with van der Waals surface area (Å²) in [7, 11) is -3.65. The Morgan fingerprint density at radius 2 is 1.89 bits per heavy atom. The number of nitrogens with two attached hydrogens (primary N) is 1. The van der Waals surface area contributed by atoms with Crippen LogP contribution in [0.2, 0.25) is 0 Å². The Morgan fingerprint density at radius 3 is 2.59 bits per heavy atom. The molecule has 0 heterocycles. The van der Waals surface area contributed by atoms with Gasteiger partial charge in [0, 0.05) is 24.7 Å². The van der Waals surface area contributed by atoms with E-state index in [0.717, 1.165) is 5.75 Å². The van der Waals surface area contributed by atoms with E-state index in [1.165, 1.54) is 12.1 Å². The summed E-state index contributed by atoms with van der Waals surface area (Å²) < 4.78 is 32.3. The third kappa shape index (κ3) is 6.67. The Balaban J connectivity index is 1.90. The minimum atomic E-state index is -3.65. The van der Waals surface area contributed by atoms with Gasteiger partial charge in [0.15, 0.2) is 0 Å². The number of nitrogens with one attached hydrogen (secondary N) is 2. The van der Waals surface area contributed by atoms with Crippen molar-refractivity contribution < 1.29 is 17.9 Å². The molecule has 0 aliphatic heterocycles. The molecule has 0 saturated heterocycles. The lowest BCUT2D eigenvalue weighted by Crippen LogP contribution is -2.29. The molecular formula is C19H25N3O4S. The Kier molecular flexibility index (Phi) is 7.78. The van der Waals surface area contributed by atoms with Crippen LogP contribution >= 0.6 is 0 Å². The molecule has 2 aromatic rings. The summed E-state index contributed by atoms with van der Waals surface area (Å²) in [5.74, 6) is 0.272. The van der Waals surface area contributed by atoms with Crippen molar-refractivity contribution in [3.63, 3.8) is 0 Å². The predicted octanol–water partition coefficient (Wildman–Crippen LogP) is 1.97. The maximum atomic E-state index is 12.3. The van der Waals surface area contributed by atoms with Gasteiger partial charge in [-0.25, -0.2) is 13.1 Å². The zero-order valence-corrected chi connectivity index (χ0v) is 16.0. The summed E-state index contributed by atoms with van der Waals surface area (Å²) in [6.07, 6.45) is 0.538. The summed E-state index contributed by atoms with van der Waals surface area (Å²) in [5, 5.41) is 2.75. The first-order valence-corrected chi connectivity index (χ1v) is 10.2. The molecule has 0 aliphatic carbocycles. The van der Waals surface area contributed by atoms with E-state index in [-0.39, 0.29) is 29.8 Å². The number of hydrogen-bond acceptors (Lipinski definition) is 5. The lowest BCUT2D eigenvalue weighted by molar-refractivity contribution is -0.119. The lowest BCUT2D eigenvalue weighted by atomic mass is 10.1. The number of rotatable bonds is 10. The van der Waals surface area contributed by atoms with Crippen molar-refractivity contribution in [3.05, 3.63) is 54.6 Å². The minimum Gasteiger partial charge on any atom is -0.494 e. The van der Waals surface area contributed by atoms with E-state index >= 15 is 0 Å². The number of anilines is 1. The molecule has 4 N–H and O–H groups in total. The highest BCUT2D eigenvalue weighted by Crippen LogP contribution is 2.17. The molecule has 2 aromatic carbocycles.